The van der Waals surface area contributed by atoms with E-state index in [1.165, 1.54) is 0 Å². The highest BCUT2D eigenvalue weighted by molar-refractivity contribution is 7.09. The largest absolute Gasteiger partial charge is 0.480 e. The van der Waals surface area contributed by atoms with E-state index in [4.69, 9.17) is 4.74 Å². The number of rotatable bonds is 3. The average Bonchev–Trinajstić information content (AvgIpc) is 2.50. The number of thiazole rings is 1. The second-order valence-corrected chi connectivity index (χ2v) is 3.13. The van der Waals surface area contributed by atoms with Gasteiger partial charge in [-0.15, -0.1) is 11.3 Å². The Balaban J connectivity index is 2.71. The second-order valence-electron chi connectivity index (χ2n) is 2.24. The van der Waals surface area contributed by atoms with Gasteiger partial charge in [-0.1, -0.05) is 0 Å². The van der Waals surface area contributed by atoms with Crippen molar-refractivity contribution in [1.82, 2.24) is 10.3 Å². The molecule has 3 nitrogen and oxygen atoms in total. The third-order valence-electron chi connectivity index (χ3n) is 1.51. The first-order valence-corrected chi connectivity index (χ1v) is 4.32. The van der Waals surface area contributed by atoms with E-state index in [1.807, 2.05) is 12.4 Å². The lowest BCUT2D eigenvalue weighted by atomic mass is 10.4. The summed E-state index contributed by atoms with van der Waals surface area (Å²) in [5, 5.41) is 6.08. The highest BCUT2D eigenvalue weighted by Gasteiger charge is 2.07. The summed E-state index contributed by atoms with van der Waals surface area (Å²) >= 11 is 1.61. The molecule has 11 heavy (non-hydrogen) atoms. The van der Waals surface area contributed by atoms with Gasteiger partial charge in [0.1, 0.15) is 5.01 Å². The van der Waals surface area contributed by atoms with Gasteiger partial charge < -0.3 is 10.1 Å². The summed E-state index contributed by atoms with van der Waals surface area (Å²) in [6.45, 7) is 2.07. The zero-order valence-electron chi connectivity index (χ0n) is 6.92. The van der Waals surface area contributed by atoms with Crippen molar-refractivity contribution in [2.75, 3.05) is 14.2 Å². The molecule has 4 heteroatoms. The molecule has 0 aromatic carbocycles. The molecular formula is C7H12N2OS. The van der Waals surface area contributed by atoms with Crippen LogP contribution in [-0.4, -0.2) is 19.1 Å². The van der Waals surface area contributed by atoms with E-state index in [9.17, 15) is 0 Å². The van der Waals surface area contributed by atoms with Crippen LogP contribution in [0.2, 0.25) is 0 Å². The molecule has 1 atom stereocenters. The third-order valence-corrected chi connectivity index (χ3v) is 2.52. The highest BCUT2D eigenvalue weighted by atomic mass is 32.1. The van der Waals surface area contributed by atoms with Crippen molar-refractivity contribution in [2.24, 2.45) is 0 Å². The Bertz CT molecular complexity index is 224. The topological polar surface area (TPSA) is 34.2 Å². The van der Waals surface area contributed by atoms with E-state index in [1.54, 1.807) is 18.4 Å². The molecule has 1 N–H and O–H groups in total. The first kappa shape index (κ1) is 8.49. The minimum absolute atomic E-state index is 0.309. The van der Waals surface area contributed by atoms with Crippen molar-refractivity contribution < 1.29 is 4.74 Å². The van der Waals surface area contributed by atoms with E-state index < -0.39 is 0 Å². The van der Waals surface area contributed by atoms with Crippen LogP contribution in [-0.2, 0) is 0 Å². The Kier molecular flexibility index (Phi) is 2.84. The summed E-state index contributed by atoms with van der Waals surface area (Å²) in [4.78, 5) is 4.23. The molecule has 0 spiro atoms. The summed E-state index contributed by atoms with van der Waals surface area (Å²) in [6.07, 6.45) is 0. The lowest BCUT2D eigenvalue weighted by Crippen LogP contribution is -2.11. The molecular weight excluding hydrogens is 160 g/mol. The molecule has 0 aliphatic heterocycles. The van der Waals surface area contributed by atoms with Gasteiger partial charge in [0, 0.05) is 0 Å². The second kappa shape index (κ2) is 3.69. The Morgan fingerprint density at radius 2 is 2.45 bits per heavy atom. The van der Waals surface area contributed by atoms with Gasteiger partial charge in [-0.25, -0.2) is 4.98 Å². The van der Waals surface area contributed by atoms with E-state index in [2.05, 4.69) is 17.2 Å². The standard InChI is InChI=1S/C7H12N2OS/c1-5(8-2)7-9-6(10-3)4-11-7/h4-5,8H,1-3H3. The number of ether oxygens (including phenoxy) is 1. The molecule has 0 amide bonds. The summed E-state index contributed by atoms with van der Waals surface area (Å²) < 4.78 is 4.96. The van der Waals surface area contributed by atoms with Crippen molar-refractivity contribution in [2.45, 2.75) is 13.0 Å². The molecule has 1 rings (SSSR count). The molecule has 1 heterocycles. The van der Waals surface area contributed by atoms with Gasteiger partial charge in [0.2, 0.25) is 5.88 Å². The molecule has 0 radical (unpaired) electrons. The van der Waals surface area contributed by atoms with E-state index in [0.717, 1.165) is 5.01 Å². The van der Waals surface area contributed by atoms with Crippen LogP contribution in [0.1, 0.15) is 18.0 Å². The summed E-state index contributed by atoms with van der Waals surface area (Å²) in [7, 11) is 3.54. The quantitative estimate of drug-likeness (QED) is 0.749. The monoisotopic (exact) mass is 172 g/mol. The number of methoxy groups -OCH3 is 1. The van der Waals surface area contributed by atoms with Gasteiger partial charge in [0.15, 0.2) is 0 Å². The van der Waals surface area contributed by atoms with E-state index in [0.29, 0.717) is 11.9 Å². The third kappa shape index (κ3) is 1.91. The van der Waals surface area contributed by atoms with Crippen LogP contribution in [0.3, 0.4) is 0 Å². The van der Waals surface area contributed by atoms with E-state index in [-0.39, 0.29) is 0 Å². The number of hydrogen-bond donors (Lipinski definition) is 1. The van der Waals surface area contributed by atoms with Crippen LogP contribution in [0.4, 0.5) is 0 Å². The molecule has 0 saturated carbocycles. The van der Waals surface area contributed by atoms with Gasteiger partial charge in [0.25, 0.3) is 0 Å². The first-order chi connectivity index (χ1) is 5.27. The maximum Gasteiger partial charge on any atom is 0.224 e. The minimum Gasteiger partial charge on any atom is -0.480 e. The molecule has 0 bridgehead atoms. The Morgan fingerprint density at radius 1 is 1.73 bits per heavy atom. The predicted octanol–water partition coefficient (Wildman–Crippen LogP) is 1.43. The molecule has 0 saturated heterocycles. The SMILES string of the molecule is CNC(C)c1nc(OC)cs1. The van der Waals surface area contributed by atoms with Gasteiger partial charge in [-0.3, -0.25) is 0 Å². The molecule has 0 aliphatic carbocycles. The lowest BCUT2D eigenvalue weighted by molar-refractivity contribution is 0.398. The zero-order chi connectivity index (χ0) is 8.27. The van der Waals surface area contributed by atoms with Crippen LogP contribution in [0.15, 0.2) is 5.38 Å². The Hall–Kier alpha value is -0.610. The van der Waals surface area contributed by atoms with Crippen LogP contribution < -0.4 is 10.1 Å². The minimum atomic E-state index is 0.309. The highest BCUT2D eigenvalue weighted by Crippen LogP contribution is 2.21. The molecule has 62 valence electrons. The van der Waals surface area contributed by atoms with Gasteiger partial charge in [-0.2, -0.15) is 0 Å². The summed E-state index contributed by atoms with van der Waals surface area (Å²) in [5.41, 5.74) is 0. The van der Waals surface area contributed by atoms with Crippen molar-refractivity contribution >= 4 is 11.3 Å². The zero-order valence-corrected chi connectivity index (χ0v) is 7.73. The molecule has 1 unspecified atom stereocenters. The number of nitrogens with one attached hydrogen (secondary N) is 1. The maximum absolute atomic E-state index is 4.96. The van der Waals surface area contributed by atoms with Crippen molar-refractivity contribution in [1.29, 1.82) is 0 Å². The Morgan fingerprint density at radius 3 is 2.91 bits per heavy atom. The molecule has 0 aliphatic rings. The molecule has 1 aromatic heterocycles. The lowest BCUT2D eigenvalue weighted by Gasteiger charge is -2.03. The van der Waals surface area contributed by atoms with Crippen molar-refractivity contribution in [3.8, 4) is 5.88 Å². The normalized spacial score (nSPS) is 13.0. The van der Waals surface area contributed by atoms with Gasteiger partial charge in [0.05, 0.1) is 18.5 Å². The summed E-state index contributed by atoms with van der Waals surface area (Å²) in [5.74, 6) is 0.701. The average molecular weight is 172 g/mol. The maximum atomic E-state index is 4.96. The van der Waals surface area contributed by atoms with Gasteiger partial charge >= 0.3 is 0 Å². The van der Waals surface area contributed by atoms with Crippen LogP contribution >= 0.6 is 11.3 Å². The number of nitrogens with zero attached hydrogens (tertiary/aromatic N) is 1. The van der Waals surface area contributed by atoms with E-state index >= 15 is 0 Å². The fourth-order valence-electron chi connectivity index (χ4n) is 0.688. The Labute approximate surface area is 70.4 Å². The fraction of sp³-hybridized carbons (Fsp3) is 0.571. The molecule has 1 aromatic rings. The molecule has 0 fully saturated rings. The van der Waals surface area contributed by atoms with Crippen molar-refractivity contribution in [3.63, 3.8) is 0 Å². The number of aromatic nitrogens is 1. The predicted molar refractivity (Wildman–Crippen MR) is 46.1 cm³/mol. The van der Waals surface area contributed by atoms with Crippen LogP contribution in [0.5, 0.6) is 5.88 Å². The fourth-order valence-corrected chi connectivity index (χ4v) is 1.52. The number of hydrogen-bond acceptors (Lipinski definition) is 4. The first-order valence-electron chi connectivity index (χ1n) is 3.44. The summed E-state index contributed by atoms with van der Waals surface area (Å²) in [6, 6.07) is 0.309. The smallest absolute Gasteiger partial charge is 0.224 e. The van der Waals surface area contributed by atoms with Gasteiger partial charge in [-0.05, 0) is 14.0 Å². The van der Waals surface area contributed by atoms with Crippen LogP contribution in [0.25, 0.3) is 0 Å². The van der Waals surface area contributed by atoms with Crippen molar-refractivity contribution in [3.05, 3.63) is 10.4 Å². The van der Waals surface area contributed by atoms with Crippen LogP contribution in [0, 0.1) is 0 Å².